The normalized spacial score (nSPS) is 12.6. The van der Waals surface area contributed by atoms with Crippen molar-refractivity contribution in [3.05, 3.63) is 29.8 Å². The number of amides is 1. The number of nitrogens with one attached hydrogen (secondary N) is 1. The summed E-state index contributed by atoms with van der Waals surface area (Å²) in [6.45, 7) is 7.64. The first-order valence-electron chi connectivity index (χ1n) is 6.99. The number of carbonyl (C=O) groups excluding carboxylic acids is 1. The number of ether oxygens (including phenoxy) is 1. The molecule has 0 saturated carbocycles. The number of rotatable bonds is 7. The van der Waals surface area contributed by atoms with Gasteiger partial charge in [-0.2, -0.15) is 0 Å². The molecule has 0 bridgehead atoms. The van der Waals surface area contributed by atoms with E-state index < -0.39 is 17.9 Å². The Bertz CT molecular complexity index is 494. The molecule has 0 aliphatic carbocycles. The minimum absolute atomic E-state index is 0.0956. The van der Waals surface area contributed by atoms with Crippen LogP contribution in [0.5, 0.6) is 5.75 Å². The summed E-state index contributed by atoms with van der Waals surface area (Å²) in [5, 5.41) is 11.3. The summed E-state index contributed by atoms with van der Waals surface area (Å²) in [5.74, 6) is -0.928. The van der Waals surface area contributed by atoms with Gasteiger partial charge in [-0.1, -0.05) is 32.9 Å². The first-order valence-corrected chi connectivity index (χ1v) is 6.99. The van der Waals surface area contributed by atoms with Gasteiger partial charge in [0.2, 0.25) is 5.91 Å². The maximum absolute atomic E-state index is 11.0. The zero-order valence-corrected chi connectivity index (χ0v) is 13.0. The first-order chi connectivity index (χ1) is 9.76. The Morgan fingerprint density at radius 1 is 1.29 bits per heavy atom. The van der Waals surface area contributed by atoms with Gasteiger partial charge in [0.1, 0.15) is 12.4 Å². The Labute approximate surface area is 125 Å². The van der Waals surface area contributed by atoms with Gasteiger partial charge in [0.05, 0.1) is 0 Å². The van der Waals surface area contributed by atoms with Crippen LogP contribution in [0.4, 0.5) is 0 Å². The van der Waals surface area contributed by atoms with Crippen LogP contribution in [0, 0.1) is 0 Å². The molecule has 5 heteroatoms. The molecule has 1 aromatic rings. The smallest absolute Gasteiger partial charge is 0.329 e. The third kappa shape index (κ3) is 5.10. The van der Waals surface area contributed by atoms with E-state index in [1.165, 1.54) is 12.5 Å². The number of carboxylic acid groups (broad SMARTS) is 1. The van der Waals surface area contributed by atoms with Crippen molar-refractivity contribution < 1.29 is 19.4 Å². The second kappa shape index (κ2) is 7.11. The molecule has 5 nitrogen and oxygen atoms in total. The van der Waals surface area contributed by atoms with E-state index in [-0.39, 0.29) is 12.0 Å². The summed E-state index contributed by atoms with van der Waals surface area (Å²) in [7, 11) is 0. The molecule has 0 fully saturated rings. The van der Waals surface area contributed by atoms with Gasteiger partial charge in [0.25, 0.3) is 0 Å². The molecule has 0 radical (unpaired) electrons. The van der Waals surface area contributed by atoms with E-state index in [1.54, 1.807) is 0 Å². The molecule has 0 spiro atoms. The van der Waals surface area contributed by atoms with Gasteiger partial charge in [0, 0.05) is 6.92 Å². The average Bonchev–Trinajstić information content (AvgIpc) is 2.43. The van der Waals surface area contributed by atoms with Crippen molar-refractivity contribution in [3.8, 4) is 5.75 Å². The molecule has 21 heavy (non-hydrogen) atoms. The fraction of sp³-hybridized carbons (Fsp3) is 0.500. The highest BCUT2D eigenvalue weighted by Crippen LogP contribution is 2.28. The predicted octanol–water partition coefficient (Wildman–Crippen LogP) is 2.34. The number of carbonyl (C=O) groups is 2. The quantitative estimate of drug-likeness (QED) is 0.809. The third-order valence-electron chi connectivity index (χ3n) is 3.61. The Hall–Kier alpha value is -2.04. The number of carboxylic acids is 1. The van der Waals surface area contributed by atoms with Crippen molar-refractivity contribution >= 4 is 11.9 Å². The van der Waals surface area contributed by atoms with Crippen LogP contribution in [0.25, 0.3) is 0 Å². The van der Waals surface area contributed by atoms with E-state index in [0.717, 1.165) is 6.42 Å². The molecule has 1 aromatic carbocycles. The Balaban J connectivity index is 2.67. The van der Waals surface area contributed by atoms with Crippen LogP contribution < -0.4 is 10.1 Å². The maximum atomic E-state index is 11.0. The molecule has 1 amide bonds. The van der Waals surface area contributed by atoms with E-state index in [9.17, 15) is 9.59 Å². The number of aliphatic carboxylic acids is 1. The first kappa shape index (κ1) is 17.0. The maximum Gasteiger partial charge on any atom is 0.329 e. The van der Waals surface area contributed by atoms with E-state index >= 15 is 0 Å². The molecular formula is C16H23NO4. The van der Waals surface area contributed by atoms with Crippen LogP contribution >= 0.6 is 0 Å². The fourth-order valence-corrected chi connectivity index (χ4v) is 1.81. The third-order valence-corrected chi connectivity index (χ3v) is 3.61. The minimum Gasteiger partial charge on any atom is -0.491 e. The number of hydrogen-bond acceptors (Lipinski definition) is 3. The van der Waals surface area contributed by atoms with Gasteiger partial charge in [-0.3, -0.25) is 4.79 Å². The van der Waals surface area contributed by atoms with Crippen LogP contribution in [0.2, 0.25) is 0 Å². The number of hydrogen-bond donors (Lipinski definition) is 2. The summed E-state index contributed by atoms with van der Waals surface area (Å²) in [4.78, 5) is 21.9. The Morgan fingerprint density at radius 3 is 2.29 bits per heavy atom. The molecule has 0 aliphatic heterocycles. The number of benzene rings is 1. The van der Waals surface area contributed by atoms with Gasteiger partial charge < -0.3 is 15.2 Å². The lowest BCUT2D eigenvalue weighted by Crippen LogP contribution is -2.43. The van der Waals surface area contributed by atoms with Crippen LogP contribution in [-0.2, 0) is 15.0 Å². The largest absolute Gasteiger partial charge is 0.491 e. The second-order valence-corrected chi connectivity index (χ2v) is 5.66. The van der Waals surface area contributed by atoms with Crippen molar-refractivity contribution in [1.82, 2.24) is 5.32 Å². The van der Waals surface area contributed by atoms with Gasteiger partial charge >= 0.3 is 5.97 Å². The van der Waals surface area contributed by atoms with E-state index in [1.807, 2.05) is 24.3 Å². The van der Waals surface area contributed by atoms with E-state index in [2.05, 4.69) is 26.1 Å². The van der Waals surface area contributed by atoms with Crippen LogP contribution in [0.15, 0.2) is 24.3 Å². The van der Waals surface area contributed by atoms with E-state index in [0.29, 0.717) is 5.75 Å². The van der Waals surface area contributed by atoms with Gasteiger partial charge in [-0.05, 0) is 29.5 Å². The lowest BCUT2D eigenvalue weighted by Gasteiger charge is -2.23. The average molecular weight is 293 g/mol. The molecular weight excluding hydrogens is 270 g/mol. The second-order valence-electron chi connectivity index (χ2n) is 5.66. The van der Waals surface area contributed by atoms with Crippen molar-refractivity contribution in [1.29, 1.82) is 0 Å². The minimum atomic E-state index is -1.12. The van der Waals surface area contributed by atoms with Crippen LogP contribution in [-0.4, -0.2) is 29.6 Å². The molecule has 1 unspecified atom stereocenters. The molecule has 0 aliphatic rings. The van der Waals surface area contributed by atoms with Gasteiger partial charge in [-0.25, -0.2) is 4.79 Å². The van der Waals surface area contributed by atoms with Crippen LogP contribution in [0.3, 0.4) is 0 Å². The SMILES string of the molecule is CCC(C)(C)c1ccc(OCC(NC(C)=O)C(=O)O)cc1. The van der Waals surface area contributed by atoms with E-state index in [4.69, 9.17) is 9.84 Å². The van der Waals surface area contributed by atoms with Crippen molar-refractivity contribution in [2.75, 3.05) is 6.61 Å². The van der Waals surface area contributed by atoms with Crippen molar-refractivity contribution in [2.45, 2.75) is 45.6 Å². The molecule has 1 atom stereocenters. The zero-order valence-electron chi connectivity index (χ0n) is 13.0. The molecule has 116 valence electrons. The standard InChI is InChI=1S/C16H23NO4/c1-5-16(3,4)12-6-8-13(9-7-12)21-10-14(15(19)20)17-11(2)18/h6-9,14H,5,10H2,1-4H3,(H,17,18)(H,19,20). The predicted molar refractivity (Wildman–Crippen MR) is 80.5 cm³/mol. The monoisotopic (exact) mass is 293 g/mol. The Morgan fingerprint density at radius 2 is 1.86 bits per heavy atom. The van der Waals surface area contributed by atoms with Crippen molar-refractivity contribution in [3.63, 3.8) is 0 Å². The highest BCUT2D eigenvalue weighted by molar-refractivity contribution is 5.82. The Kier molecular flexibility index (Phi) is 5.76. The molecule has 1 rings (SSSR count). The zero-order chi connectivity index (χ0) is 16.0. The molecule has 0 saturated heterocycles. The highest BCUT2D eigenvalue weighted by Gasteiger charge is 2.20. The lowest BCUT2D eigenvalue weighted by molar-refractivity contribution is -0.142. The molecule has 2 N–H and O–H groups in total. The van der Waals surface area contributed by atoms with Gasteiger partial charge in [-0.15, -0.1) is 0 Å². The molecule has 0 heterocycles. The van der Waals surface area contributed by atoms with Crippen molar-refractivity contribution in [2.24, 2.45) is 0 Å². The summed E-state index contributed by atoms with van der Waals surface area (Å²) in [5.41, 5.74) is 1.30. The van der Waals surface area contributed by atoms with Gasteiger partial charge in [0.15, 0.2) is 6.04 Å². The summed E-state index contributed by atoms with van der Waals surface area (Å²) in [6, 6.07) is 6.55. The highest BCUT2D eigenvalue weighted by atomic mass is 16.5. The lowest BCUT2D eigenvalue weighted by atomic mass is 9.82. The summed E-state index contributed by atoms with van der Waals surface area (Å²) in [6.07, 6.45) is 1.02. The molecule has 0 aromatic heterocycles. The topological polar surface area (TPSA) is 75.6 Å². The summed E-state index contributed by atoms with van der Waals surface area (Å²) >= 11 is 0. The summed E-state index contributed by atoms with van der Waals surface area (Å²) < 4.78 is 5.44. The fourth-order valence-electron chi connectivity index (χ4n) is 1.81. The van der Waals surface area contributed by atoms with Crippen LogP contribution in [0.1, 0.15) is 39.7 Å².